The number of aliphatic hydroxyl groups is 1. The van der Waals surface area contributed by atoms with Crippen molar-refractivity contribution in [3.63, 3.8) is 0 Å². The molecule has 0 aromatic carbocycles. The summed E-state index contributed by atoms with van der Waals surface area (Å²) in [6, 6.07) is 0. The van der Waals surface area contributed by atoms with Gasteiger partial charge in [0.05, 0.1) is 6.61 Å². The standard InChI is InChI=1S/C10H15NO5/c1-2-16-10(13)8(11-14)9(12)7-3-5-15-6-4-7/h7,12H,2-6H2,1H3/b9-8+. The van der Waals surface area contributed by atoms with Gasteiger partial charge in [-0.05, 0) is 24.9 Å². The largest absolute Gasteiger partial charge is 0.509 e. The number of hydrogen-bond acceptors (Lipinski definition) is 6. The summed E-state index contributed by atoms with van der Waals surface area (Å²) >= 11 is 0. The van der Waals surface area contributed by atoms with Crippen LogP contribution in [0.15, 0.2) is 16.6 Å². The summed E-state index contributed by atoms with van der Waals surface area (Å²) in [6.45, 7) is 2.76. The van der Waals surface area contributed by atoms with Crippen LogP contribution in [-0.4, -0.2) is 30.9 Å². The van der Waals surface area contributed by atoms with Gasteiger partial charge >= 0.3 is 5.97 Å². The summed E-state index contributed by atoms with van der Waals surface area (Å²) < 4.78 is 9.74. The third kappa shape index (κ3) is 3.03. The fourth-order valence-electron chi connectivity index (χ4n) is 1.55. The molecule has 0 radical (unpaired) electrons. The minimum Gasteiger partial charge on any atom is -0.509 e. The summed E-state index contributed by atoms with van der Waals surface area (Å²) in [4.78, 5) is 21.8. The van der Waals surface area contributed by atoms with Gasteiger partial charge in [-0.15, -0.1) is 4.91 Å². The fourth-order valence-corrected chi connectivity index (χ4v) is 1.55. The smallest absolute Gasteiger partial charge is 0.364 e. The van der Waals surface area contributed by atoms with E-state index in [1.165, 1.54) is 0 Å². The Morgan fingerprint density at radius 3 is 2.62 bits per heavy atom. The zero-order valence-electron chi connectivity index (χ0n) is 9.14. The van der Waals surface area contributed by atoms with Gasteiger partial charge in [0, 0.05) is 19.1 Å². The molecule has 0 spiro atoms. The van der Waals surface area contributed by atoms with Gasteiger partial charge in [-0.25, -0.2) is 4.79 Å². The van der Waals surface area contributed by atoms with Crippen molar-refractivity contribution in [2.24, 2.45) is 11.1 Å². The number of nitroso groups, excluding NO2 is 1. The highest BCUT2D eigenvalue weighted by atomic mass is 16.5. The molecule has 0 amide bonds. The Labute approximate surface area is 93.2 Å². The third-order valence-electron chi connectivity index (χ3n) is 2.41. The second kappa shape index (κ2) is 6.22. The Morgan fingerprint density at radius 1 is 1.50 bits per heavy atom. The molecule has 1 aliphatic rings. The van der Waals surface area contributed by atoms with E-state index in [0.717, 1.165) is 0 Å². The highest BCUT2D eigenvalue weighted by Gasteiger charge is 2.26. The lowest BCUT2D eigenvalue weighted by Crippen LogP contribution is -2.20. The quantitative estimate of drug-likeness (QED) is 0.342. The van der Waals surface area contributed by atoms with Crippen molar-refractivity contribution in [2.75, 3.05) is 19.8 Å². The van der Waals surface area contributed by atoms with Crippen LogP contribution >= 0.6 is 0 Å². The Kier molecular flexibility index (Phi) is 4.91. The molecule has 16 heavy (non-hydrogen) atoms. The van der Waals surface area contributed by atoms with Gasteiger partial charge in [0.1, 0.15) is 5.76 Å². The monoisotopic (exact) mass is 229 g/mol. The van der Waals surface area contributed by atoms with E-state index in [1.54, 1.807) is 6.92 Å². The molecule has 0 aromatic heterocycles. The van der Waals surface area contributed by atoms with E-state index in [2.05, 4.69) is 9.91 Å². The first kappa shape index (κ1) is 12.6. The number of carbonyl (C=O) groups excluding carboxylic acids is 1. The van der Waals surface area contributed by atoms with Crippen molar-refractivity contribution in [3.8, 4) is 0 Å². The van der Waals surface area contributed by atoms with Gasteiger partial charge in [-0.1, -0.05) is 0 Å². The maximum Gasteiger partial charge on any atom is 0.364 e. The molecule has 1 fully saturated rings. The van der Waals surface area contributed by atoms with E-state index in [9.17, 15) is 14.8 Å². The van der Waals surface area contributed by atoms with Crippen molar-refractivity contribution in [1.29, 1.82) is 0 Å². The van der Waals surface area contributed by atoms with E-state index in [4.69, 9.17) is 4.74 Å². The summed E-state index contributed by atoms with van der Waals surface area (Å²) in [5.74, 6) is -1.40. The van der Waals surface area contributed by atoms with Crippen LogP contribution in [0.3, 0.4) is 0 Å². The van der Waals surface area contributed by atoms with Gasteiger partial charge < -0.3 is 14.6 Å². The SMILES string of the molecule is CCOC(=O)/C(N=O)=C(\O)C1CCOCC1. The van der Waals surface area contributed by atoms with Crippen LogP contribution in [0.1, 0.15) is 19.8 Å². The van der Waals surface area contributed by atoms with Gasteiger partial charge in [-0.3, -0.25) is 0 Å². The average molecular weight is 229 g/mol. The predicted octanol–water partition coefficient (Wildman–Crippen LogP) is 1.51. The van der Waals surface area contributed by atoms with Crippen molar-refractivity contribution in [1.82, 2.24) is 0 Å². The molecule has 90 valence electrons. The molecular weight excluding hydrogens is 214 g/mol. The normalized spacial score (nSPS) is 18.8. The van der Waals surface area contributed by atoms with Gasteiger partial charge in [-0.2, -0.15) is 0 Å². The van der Waals surface area contributed by atoms with E-state index < -0.39 is 11.7 Å². The highest BCUT2D eigenvalue weighted by Crippen LogP contribution is 2.24. The molecule has 0 aliphatic carbocycles. The molecule has 6 nitrogen and oxygen atoms in total. The van der Waals surface area contributed by atoms with Crippen molar-refractivity contribution >= 4 is 5.97 Å². The van der Waals surface area contributed by atoms with E-state index >= 15 is 0 Å². The summed E-state index contributed by atoms with van der Waals surface area (Å²) in [6.07, 6.45) is 1.15. The van der Waals surface area contributed by atoms with E-state index in [0.29, 0.717) is 26.1 Å². The molecule has 0 atom stereocenters. The minimum absolute atomic E-state index is 0.138. The van der Waals surface area contributed by atoms with Crippen LogP contribution in [0, 0.1) is 10.8 Å². The van der Waals surface area contributed by atoms with Crippen molar-refractivity contribution in [3.05, 3.63) is 16.4 Å². The maximum atomic E-state index is 11.3. The Bertz CT molecular complexity index is 294. The van der Waals surface area contributed by atoms with Crippen LogP contribution < -0.4 is 0 Å². The van der Waals surface area contributed by atoms with E-state index in [-0.39, 0.29) is 18.3 Å². The zero-order valence-corrected chi connectivity index (χ0v) is 9.14. The van der Waals surface area contributed by atoms with Gasteiger partial charge in [0.2, 0.25) is 5.70 Å². The Hall–Kier alpha value is -1.43. The Morgan fingerprint density at radius 2 is 2.12 bits per heavy atom. The molecule has 1 saturated heterocycles. The first-order valence-corrected chi connectivity index (χ1v) is 5.22. The fraction of sp³-hybridized carbons (Fsp3) is 0.700. The second-order valence-corrected chi connectivity index (χ2v) is 3.43. The lowest BCUT2D eigenvalue weighted by Gasteiger charge is -2.21. The topological polar surface area (TPSA) is 85.2 Å². The van der Waals surface area contributed by atoms with Gasteiger partial charge in [0.25, 0.3) is 0 Å². The highest BCUT2D eigenvalue weighted by molar-refractivity contribution is 5.88. The zero-order chi connectivity index (χ0) is 12.0. The molecule has 1 heterocycles. The summed E-state index contributed by atoms with van der Waals surface area (Å²) in [7, 11) is 0. The van der Waals surface area contributed by atoms with E-state index in [1.807, 2.05) is 0 Å². The molecule has 1 N–H and O–H groups in total. The first-order chi connectivity index (χ1) is 7.70. The lowest BCUT2D eigenvalue weighted by atomic mass is 9.97. The van der Waals surface area contributed by atoms with Crippen LogP contribution in [-0.2, 0) is 14.3 Å². The molecule has 1 rings (SSSR count). The van der Waals surface area contributed by atoms with Gasteiger partial charge in [0.15, 0.2) is 0 Å². The van der Waals surface area contributed by atoms with Crippen LogP contribution in [0.5, 0.6) is 0 Å². The third-order valence-corrected chi connectivity index (χ3v) is 2.41. The molecular formula is C10H15NO5. The number of nitrogens with zero attached hydrogens (tertiary/aromatic N) is 1. The molecule has 0 bridgehead atoms. The number of aliphatic hydroxyl groups excluding tert-OH is 1. The Balaban J connectivity index is 2.79. The van der Waals surface area contributed by atoms with Crippen molar-refractivity contribution in [2.45, 2.75) is 19.8 Å². The number of esters is 1. The molecule has 1 aliphatic heterocycles. The maximum absolute atomic E-state index is 11.3. The average Bonchev–Trinajstić information content (AvgIpc) is 2.31. The predicted molar refractivity (Wildman–Crippen MR) is 55.6 cm³/mol. The number of rotatable bonds is 4. The summed E-state index contributed by atoms with van der Waals surface area (Å²) in [5, 5.41) is 12.3. The minimum atomic E-state index is -0.874. The first-order valence-electron chi connectivity index (χ1n) is 5.22. The summed E-state index contributed by atoms with van der Waals surface area (Å²) in [5.41, 5.74) is -0.520. The van der Waals surface area contributed by atoms with Crippen LogP contribution in [0.2, 0.25) is 0 Å². The number of allylic oxidation sites excluding steroid dienone is 1. The number of hydrogen-bond donors (Lipinski definition) is 1. The number of carbonyl (C=O) groups is 1. The molecule has 0 unspecified atom stereocenters. The van der Waals surface area contributed by atoms with Crippen LogP contribution in [0.4, 0.5) is 0 Å². The lowest BCUT2D eigenvalue weighted by molar-refractivity contribution is -0.138. The van der Waals surface area contributed by atoms with Crippen LogP contribution in [0.25, 0.3) is 0 Å². The number of ether oxygens (including phenoxy) is 2. The van der Waals surface area contributed by atoms with Crippen molar-refractivity contribution < 1.29 is 19.4 Å². The molecule has 0 saturated carbocycles. The molecule has 0 aromatic rings. The second-order valence-electron chi connectivity index (χ2n) is 3.43. The molecule has 6 heteroatoms.